The van der Waals surface area contributed by atoms with Crippen molar-refractivity contribution in [3.05, 3.63) is 0 Å². The van der Waals surface area contributed by atoms with E-state index in [-0.39, 0.29) is 25.0 Å². The number of ether oxygens (including phenoxy) is 1. The molecule has 1 aliphatic rings. The molecule has 1 aliphatic carbocycles. The minimum absolute atomic E-state index is 0.00435. The Labute approximate surface area is 108 Å². The van der Waals surface area contributed by atoms with Gasteiger partial charge in [0.25, 0.3) is 0 Å². The minimum Gasteiger partial charge on any atom is -0.444 e. The molecule has 0 spiro atoms. The average Bonchev–Trinajstić information content (AvgIpc) is 2.25. The second-order valence-corrected chi connectivity index (χ2v) is 5.67. The quantitative estimate of drug-likeness (QED) is 0.836. The highest BCUT2D eigenvalue weighted by molar-refractivity contribution is 5.79. The van der Waals surface area contributed by atoms with Crippen LogP contribution in [0.1, 0.15) is 46.5 Å². The Bertz CT molecular complexity index is 299. The van der Waals surface area contributed by atoms with Crippen molar-refractivity contribution >= 4 is 11.9 Å². The fraction of sp³-hybridized carbons (Fsp3) is 0.846. The number of ketones is 1. The van der Waals surface area contributed by atoms with E-state index in [2.05, 4.69) is 0 Å². The van der Waals surface area contributed by atoms with Gasteiger partial charge in [0, 0.05) is 25.4 Å². The molecule has 5 heteroatoms. The molecule has 0 saturated heterocycles. The maximum Gasteiger partial charge on any atom is 0.410 e. The Hall–Kier alpha value is -1.10. The molecule has 0 aromatic heterocycles. The zero-order chi connectivity index (χ0) is 13.8. The van der Waals surface area contributed by atoms with Crippen LogP contribution in [0.25, 0.3) is 0 Å². The molecule has 18 heavy (non-hydrogen) atoms. The predicted octanol–water partition coefficient (Wildman–Crippen LogP) is 1.73. The molecule has 5 nitrogen and oxygen atoms in total. The lowest BCUT2D eigenvalue weighted by Crippen LogP contribution is -2.46. The van der Waals surface area contributed by atoms with Crippen LogP contribution >= 0.6 is 0 Å². The molecule has 104 valence electrons. The second kappa shape index (κ2) is 6.18. The Morgan fingerprint density at radius 3 is 2.39 bits per heavy atom. The first kappa shape index (κ1) is 15.0. The zero-order valence-corrected chi connectivity index (χ0v) is 11.4. The highest BCUT2D eigenvalue weighted by atomic mass is 16.6. The van der Waals surface area contributed by atoms with Crippen LogP contribution in [0.2, 0.25) is 0 Å². The minimum atomic E-state index is -0.546. The van der Waals surface area contributed by atoms with Gasteiger partial charge < -0.3 is 14.7 Å². The van der Waals surface area contributed by atoms with Gasteiger partial charge in [0.15, 0.2) is 0 Å². The molecule has 0 aliphatic heterocycles. The lowest BCUT2D eigenvalue weighted by Gasteiger charge is -2.34. The first-order valence-electron chi connectivity index (χ1n) is 6.45. The number of aliphatic hydroxyl groups is 1. The molecule has 1 amide bonds. The van der Waals surface area contributed by atoms with E-state index in [1.54, 1.807) is 4.90 Å². The Balaban J connectivity index is 2.63. The van der Waals surface area contributed by atoms with Crippen LogP contribution in [0.5, 0.6) is 0 Å². The second-order valence-electron chi connectivity index (χ2n) is 5.67. The van der Waals surface area contributed by atoms with Gasteiger partial charge in [0.2, 0.25) is 0 Å². The highest BCUT2D eigenvalue weighted by Crippen LogP contribution is 2.22. The lowest BCUT2D eigenvalue weighted by molar-refractivity contribution is -0.121. The van der Waals surface area contributed by atoms with Gasteiger partial charge in [-0.15, -0.1) is 0 Å². The summed E-state index contributed by atoms with van der Waals surface area (Å²) in [7, 11) is 0. The number of amides is 1. The van der Waals surface area contributed by atoms with Crippen molar-refractivity contribution in [3.63, 3.8) is 0 Å². The third kappa shape index (κ3) is 4.64. The molecule has 0 aromatic rings. The van der Waals surface area contributed by atoms with Crippen molar-refractivity contribution in [3.8, 4) is 0 Å². The van der Waals surface area contributed by atoms with Crippen molar-refractivity contribution in [2.75, 3.05) is 13.2 Å². The standard InChI is InChI=1S/C13H23NO4/c1-13(2,3)18-12(17)14(8-9-15)10-4-6-11(16)7-5-10/h10,15H,4-9H2,1-3H3. The van der Waals surface area contributed by atoms with Crippen LogP contribution in [-0.4, -0.2) is 46.7 Å². The summed E-state index contributed by atoms with van der Waals surface area (Å²) in [4.78, 5) is 24.8. The van der Waals surface area contributed by atoms with Crippen LogP contribution in [0.15, 0.2) is 0 Å². The monoisotopic (exact) mass is 257 g/mol. The van der Waals surface area contributed by atoms with Crippen LogP contribution in [0.4, 0.5) is 4.79 Å². The van der Waals surface area contributed by atoms with Gasteiger partial charge >= 0.3 is 6.09 Å². The zero-order valence-electron chi connectivity index (χ0n) is 11.4. The molecule has 0 unspecified atom stereocenters. The topological polar surface area (TPSA) is 66.8 Å². The number of nitrogens with zero attached hydrogens (tertiary/aromatic N) is 1. The molecule has 1 rings (SSSR count). The summed E-state index contributed by atoms with van der Waals surface area (Å²) in [5.41, 5.74) is -0.546. The third-order valence-electron chi connectivity index (χ3n) is 2.92. The van der Waals surface area contributed by atoms with E-state index in [9.17, 15) is 9.59 Å². The van der Waals surface area contributed by atoms with E-state index < -0.39 is 11.7 Å². The molecule has 0 bridgehead atoms. The van der Waals surface area contributed by atoms with E-state index >= 15 is 0 Å². The van der Waals surface area contributed by atoms with Gasteiger partial charge in [-0.2, -0.15) is 0 Å². The van der Waals surface area contributed by atoms with Gasteiger partial charge in [-0.25, -0.2) is 4.79 Å². The first-order chi connectivity index (χ1) is 8.33. The molecule has 0 heterocycles. The van der Waals surface area contributed by atoms with E-state index in [4.69, 9.17) is 9.84 Å². The summed E-state index contributed by atoms with van der Waals surface area (Å²) in [5.74, 6) is 0.249. The molecule has 0 atom stereocenters. The molecule has 1 N–H and O–H groups in total. The Morgan fingerprint density at radius 2 is 1.94 bits per heavy atom. The largest absolute Gasteiger partial charge is 0.444 e. The summed E-state index contributed by atoms with van der Waals surface area (Å²) in [5, 5.41) is 9.05. The number of hydrogen-bond donors (Lipinski definition) is 1. The van der Waals surface area contributed by atoms with E-state index in [1.165, 1.54) is 0 Å². The van der Waals surface area contributed by atoms with Gasteiger partial charge in [-0.1, -0.05) is 0 Å². The highest BCUT2D eigenvalue weighted by Gasteiger charge is 2.30. The van der Waals surface area contributed by atoms with E-state index in [1.807, 2.05) is 20.8 Å². The van der Waals surface area contributed by atoms with Crippen LogP contribution in [-0.2, 0) is 9.53 Å². The number of carbonyl (C=O) groups excluding carboxylic acids is 2. The first-order valence-corrected chi connectivity index (χ1v) is 6.45. The van der Waals surface area contributed by atoms with Crippen molar-refractivity contribution in [2.45, 2.75) is 58.1 Å². The van der Waals surface area contributed by atoms with Crippen molar-refractivity contribution in [1.29, 1.82) is 0 Å². The summed E-state index contributed by atoms with van der Waals surface area (Å²) in [6, 6.07) is 0.00435. The van der Waals surface area contributed by atoms with Gasteiger partial charge in [-0.05, 0) is 33.6 Å². The Kier molecular flexibility index (Phi) is 5.14. The third-order valence-corrected chi connectivity index (χ3v) is 2.92. The molecular formula is C13H23NO4. The number of hydrogen-bond acceptors (Lipinski definition) is 4. The summed E-state index contributed by atoms with van der Waals surface area (Å²) >= 11 is 0. The summed E-state index contributed by atoms with van der Waals surface area (Å²) in [6.45, 7) is 5.60. The number of carbonyl (C=O) groups is 2. The Morgan fingerprint density at radius 1 is 1.39 bits per heavy atom. The van der Waals surface area contributed by atoms with E-state index in [0.717, 1.165) is 0 Å². The van der Waals surface area contributed by atoms with Gasteiger partial charge in [-0.3, -0.25) is 4.79 Å². The smallest absolute Gasteiger partial charge is 0.410 e. The van der Waals surface area contributed by atoms with Crippen molar-refractivity contribution in [1.82, 2.24) is 4.90 Å². The van der Waals surface area contributed by atoms with E-state index in [0.29, 0.717) is 25.7 Å². The maximum absolute atomic E-state index is 12.0. The number of rotatable bonds is 3. The molecule has 0 aromatic carbocycles. The normalized spacial score (nSPS) is 17.7. The van der Waals surface area contributed by atoms with Crippen molar-refractivity contribution in [2.24, 2.45) is 0 Å². The maximum atomic E-state index is 12.0. The van der Waals surface area contributed by atoms with Gasteiger partial charge in [0.1, 0.15) is 11.4 Å². The van der Waals surface area contributed by atoms with Crippen molar-refractivity contribution < 1.29 is 19.4 Å². The molecule has 1 fully saturated rings. The fourth-order valence-electron chi connectivity index (χ4n) is 2.09. The predicted molar refractivity (Wildman–Crippen MR) is 67.3 cm³/mol. The van der Waals surface area contributed by atoms with Crippen LogP contribution in [0.3, 0.4) is 0 Å². The summed E-state index contributed by atoms with van der Waals surface area (Å²) < 4.78 is 5.32. The van der Waals surface area contributed by atoms with Crippen LogP contribution < -0.4 is 0 Å². The molecular weight excluding hydrogens is 234 g/mol. The average molecular weight is 257 g/mol. The van der Waals surface area contributed by atoms with Gasteiger partial charge in [0.05, 0.1) is 6.61 Å². The SMILES string of the molecule is CC(C)(C)OC(=O)N(CCO)C1CCC(=O)CC1. The number of Topliss-reactive ketones (excluding diaryl/α,β-unsaturated/α-hetero) is 1. The summed E-state index contributed by atoms with van der Waals surface area (Å²) in [6.07, 6.45) is 1.94. The van der Waals surface area contributed by atoms with Crippen LogP contribution in [0, 0.1) is 0 Å². The fourth-order valence-corrected chi connectivity index (χ4v) is 2.09. The molecule has 1 saturated carbocycles. The molecule has 0 radical (unpaired) electrons. The number of aliphatic hydroxyl groups excluding tert-OH is 1. The lowest BCUT2D eigenvalue weighted by atomic mass is 9.93.